The number of hydrogen-bond acceptors (Lipinski definition) is 6. The number of hydrogen-bond donors (Lipinski definition) is 4. The van der Waals surface area contributed by atoms with Crippen LogP contribution in [0.15, 0.2) is 35.0 Å². The smallest absolute Gasteiger partial charge is 0.260 e. The van der Waals surface area contributed by atoms with E-state index in [1.807, 2.05) is 0 Å². The molecule has 0 saturated heterocycles. The summed E-state index contributed by atoms with van der Waals surface area (Å²) in [5.41, 5.74) is 3.55. The number of aliphatic hydroxyl groups excluding tert-OH is 1. The van der Waals surface area contributed by atoms with Crippen LogP contribution in [-0.4, -0.2) is 46.2 Å². The third-order valence-electron chi connectivity index (χ3n) is 10.1. The number of rotatable bonds is 6. The van der Waals surface area contributed by atoms with E-state index in [1.165, 1.54) is 37.0 Å². The van der Waals surface area contributed by atoms with Crippen LogP contribution >= 0.6 is 0 Å². The molecular formula is C29H40N2O5. The minimum absolute atomic E-state index is 0.111. The molecule has 0 spiro atoms. The summed E-state index contributed by atoms with van der Waals surface area (Å²) in [6.07, 6.45) is 11.3. The van der Waals surface area contributed by atoms with E-state index in [4.69, 9.17) is 4.84 Å². The number of carbonyl (C=O) groups excluding carboxylic acids is 1. The molecule has 0 aliphatic heterocycles. The van der Waals surface area contributed by atoms with Gasteiger partial charge in [0.2, 0.25) is 0 Å². The van der Waals surface area contributed by atoms with Crippen molar-refractivity contribution in [2.24, 2.45) is 33.7 Å². The average Bonchev–Trinajstić information content (AvgIpc) is 3.16. The quantitative estimate of drug-likeness (QED) is 0.343. The summed E-state index contributed by atoms with van der Waals surface area (Å²) in [6, 6.07) is 4.64. The molecule has 1 amide bonds. The van der Waals surface area contributed by atoms with Crippen molar-refractivity contribution in [3.8, 4) is 11.5 Å². The van der Waals surface area contributed by atoms with Crippen molar-refractivity contribution in [3.05, 3.63) is 35.4 Å². The van der Waals surface area contributed by atoms with Crippen LogP contribution in [0.25, 0.3) is 0 Å². The summed E-state index contributed by atoms with van der Waals surface area (Å²) in [5, 5.41) is 36.7. The summed E-state index contributed by atoms with van der Waals surface area (Å²) >= 11 is 0. The Labute approximate surface area is 213 Å². The van der Waals surface area contributed by atoms with Crippen LogP contribution in [0.2, 0.25) is 0 Å². The highest BCUT2D eigenvalue weighted by Crippen LogP contribution is 2.65. The summed E-state index contributed by atoms with van der Waals surface area (Å²) in [6.45, 7) is 5.06. The number of nitrogens with one attached hydrogen (secondary N) is 1. The lowest BCUT2D eigenvalue weighted by Gasteiger charge is -2.57. The van der Waals surface area contributed by atoms with Crippen molar-refractivity contribution in [3.63, 3.8) is 0 Å². The number of oxime groups is 1. The predicted molar refractivity (Wildman–Crippen MR) is 138 cm³/mol. The zero-order valence-electron chi connectivity index (χ0n) is 21.5. The third-order valence-corrected chi connectivity index (χ3v) is 10.1. The zero-order chi connectivity index (χ0) is 25.5. The van der Waals surface area contributed by atoms with Crippen LogP contribution in [0.1, 0.15) is 70.8 Å². The Bertz CT molecular complexity index is 1070. The van der Waals surface area contributed by atoms with Gasteiger partial charge in [-0.25, -0.2) is 0 Å². The molecule has 0 unspecified atom stereocenters. The maximum absolute atomic E-state index is 12.1. The van der Waals surface area contributed by atoms with Crippen molar-refractivity contribution in [2.75, 3.05) is 13.2 Å². The molecule has 1 aromatic rings. The second-order valence-electron chi connectivity index (χ2n) is 11.9. The van der Waals surface area contributed by atoms with E-state index in [9.17, 15) is 20.1 Å². The Balaban J connectivity index is 1.13. The van der Waals surface area contributed by atoms with Gasteiger partial charge in [-0.05, 0) is 110 Å². The highest BCUT2D eigenvalue weighted by atomic mass is 16.6. The SMILES string of the molecule is C[C@]12CC[C@H]3[C@H](CCC4=CC(=NOCC(=O)NCCc5ccc(O)c(O)c5)CC[C@@]43C)[C@@H]1CC[C@@H]2O. The van der Waals surface area contributed by atoms with Crippen LogP contribution in [0.5, 0.6) is 11.5 Å². The van der Waals surface area contributed by atoms with Gasteiger partial charge in [-0.2, -0.15) is 0 Å². The molecule has 0 heterocycles. The molecule has 0 bridgehead atoms. The standard InChI is InChI=1S/C29H40N2O5/c1-28-12-9-20(31-36-17-27(35)30-14-11-18-3-7-24(32)25(33)15-18)16-19(28)4-5-21-22-6-8-26(34)29(22,2)13-10-23(21)28/h3,7,15-16,21-23,26,32-34H,4-6,8-14,17H2,1-2H3,(H,30,35)/t21-,22+,23+,26+,28+,29+/m1/s1. The fourth-order valence-corrected chi connectivity index (χ4v) is 7.91. The summed E-state index contributed by atoms with van der Waals surface area (Å²) in [7, 11) is 0. The Kier molecular flexibility index (Phi) is 6.79. The van der Waals surface area contributed by atoms with Gasteiger partial charge in [0, 0.05) is 6.54 Å². The van der Waals surface area contributed by atoms with Crippen molar-refractivity contribution in [1.82, 2.24) is 5.32 Å². The molecule has 3 fully saturated rings. The minimum Gasteiger partial charge on any atom is -0.504 e. The number of aliphatic hydroxyl groups is 1. The van der Waals surface area contributed by atoms with E-state index < -0.39 is 0 Å². The molecule has 0 aromatic heterocycles. The van der Waals surface area contributed by atoms with Gasteiger partial charge in [0.1, 0.15) is 0 Å². The summed E-state index contributed by atoms with van der Waals surface area (Å²) in [4.78, 5) is 17.5. The van der Waals surface area contributed by atoms with Crippen LogP contribution in [0.4, 0.5) is 0 Å². The fraction of sp³-hybridized carbons (Fsp3) is 0.655. The normalized spacial score (nSPS) is 36.4. The van der Waals surface area contributed by atoms with Crippen molar-refractivity contribution >= 4 is 11.6 Å². The Morgan fingerprint density at radius 3 is 2.72 bits per heavy atom. The largest absolute Gasteiger partial charge is 0.504 e. The molecule has 4 N–H and O–H groups in total. The number of phenolic OH excluding ortho intramolecular Hbond substituents is 2. The number of fused-ring (bicyclic) bond motifs is 5. The molecule has 5 rings (SSSR count). The van der Waals surface area contributed by atoms with Gasteiger partial charge in [-0.3, -0.25) is 4.79 Å². The van der Waals surface area contributed by atoms with E-state index in [0.717, 1.165) is 43.4 Å². The van der Waals surface area contributed by atoms with E-state index >= 15 is 0 Å². The first-order chi connectivity index (χ1) is 17.2. The monoisotopic (exact) mass is 496 g/mol. The van der Waals surface area contributed by atoms with Gasteiger partial charge in [0.05, 0.1) is 11.8 Å². The maximum atomic E-state index is 12.1. The topological polar surface area (TPSA) is 111 Å². The highest BCUT2D eigenvalue weighted by molar-refractivity contribution is 5.96. The van der Waals surface area contributed by atoms with Gasteiger partial charge in [-0.15, -0.1) is 0 Å². The molecule has 0 radical (unpaired) electrons. The number of aromatic hydroxyl groups is 2. The van der Waals surface area contributed by atoms with Crippen LogP contribution < -0.4 is 5.32 Å². The first-order valence-corrected chi connectivity index (χ1v) is 13.6. The lowest BCUT2D eigenvalue weighted by molar-refractivity contribution is -0.125. The van der Waals surface area contributed by atoms with E-state index in [-0.39, 0.29) is 40.9 Å². The second-order valence-corrected chi connectivity index (χ2v) is 11.9. The Hall–Kier alpha value is -2.54. The molecule has 1 aromatic carbocycles. The van der Waals surface area contributed by atoms with Crippen LogP contribution in [0, 0.1) is 28.6 Å². The van der Waals surface area contributed by atoms with Crippen LogP contribution in [0.3, 0.4) is 0 Å². The molecule has 7 heteroatoms. The van der Waals surface area contributed by atoms with Gasteiger partial charge in [-0.1, -0.05) is 30.6 Å². The number of nitrogens with zero attached hydrogens (tertiary/aromatic N) is 1. The van der Waals surface area contributed by atoms with Crippen molar-refractivity contribution < 1.29 is 25.0 Å². The average molecular weight is 497 g/mol. The van der Waals surface area contributed by atoms with Gasteiger partial charge in [0.15, 0.2) is 18.1 Å². The molecule has 196 valence electrons. The second kappa shape index (κ2) is 9.73. The molecule has 3 saturated carbocycles. The van der Waals surface area contributed by atoms with E-state index in [1.54, 1.807) is 6.07 Å². The third kappa shape index (κ3) is 4.51. The number of allylic oxidation sites excluding steroid dienone is 2. The zero-order valence-corrected chi connectivity index (χ0v) is 21.5. The number of phenols is 2. The van der Waals surface area contributed by atoms with E-state index in [0.29, 0.717) is 30.7 Å². The maximum Gasteiger partial charge on any atom is 0.260 e. The van der Waals surface area contributed by atoms with Crippen molar-refractivity contribution in [1.29, 1.82) is 0 Å². The molecule has 7 nitrogen and oxygen atoms in total. The van der Waals surface area contributed by atoms with Gasteiger partial charge >= 0.3 is 0 Å². The van der Waals surface area contributed by atoms with Gasteiger partial charge in [0.25, 0.3) is 5.91 Å². The molecule has 4 aliphatic rings. The Morgan fingerprint density at radius 1 is 1.08 bits per heavy atom. The highest BCUT2D eigenvalue weighted by Gasteiger charge is 2.58. The molecule has 4 aliphatic carbocycles. The molecule has 6 atom stereocenters. The Morgan fingerprint density at radius 2 is 1.92 bits per heavy atom. The van der Waals surface area contributed by atoms with Crippen LogP contribution in [-0.2, 0) is 16.1 Å². The summed E-state index contributed by atoms with van der Waals surface area (Å²) in [5.74, 6) is 1.50. The lowest BCUT2D eigenvalue weighted by atomic mass is 9.47. The first-order valence-electron chi connectivity index (χ1n) is 13.6. The number of amides is 1. The van der Waals surface area contributed by atoms with Gasteiger partial charge < -0.3 is 25.5 Å². The lowest BCUT2D eigenvalue weighted by Crippen LogP contribution is -2.51. The minimum atomic E-state index is -0.236. The van der Waals surface area contributed by atoms with E-state index in [2.05, 4.69) is 30.4 Å². The summed E-state index contributed by atoms with van der Waals surface area (Å²) < 4.78 is 0. The first kappa shape index (κ1) is 25.1. The number of benzene rings is 1. The fourth-order valence-electron chi connectivity index (χ4n) is 7.91. The van der Waals surface area contributed by atoms with Crippen molar-refractivity contribution in [2.45, 2.75) is 77.7 Å². The molecular weight excluding hydrogens is 456 g/mol. The predicted octanol–water partition coefficient (Wildman–Crippen LogP) is 4.45. The molecule has 36 heavy (non-hydrogen) atoms. The number of carbonyl (C=O) groups is 1.